The van der Waals surface area contributed by atoms with Gasteiger partial charge in [-0.1, -0.05) is 38.6 Å². The Kier molecular flexibility index (Phi) is 5.02. The normalized spacial score (nSPS) is 19.9. The van der Waals surface area contributed by atoms with E-state index < -0.39 is 0 Å². The van der Waals surface area contributed by atoms with Gasteiger partial charge in [0.1, 0.15) is 18.5 Å². The third-order valence-corrected chi connectivity index (χ3v) is 3.98. The van der Waals surface area contributed by atoms with Gasteiger partial charge in [0.2, 0.25) is 5.91 Å². The number of nitrogens with zero attached hydrogens (tertiary/aromatic N) is 1. The molecule has 4 heteroatoms. The molecule has 1 N–H and O–H groups in total. The van der Waals surface area contributed by atoms with Gasteiger partial charge < -0.3 is 9.64 Å². The van der Waals surface area contributed by atoms with Gasteiger partial charge in [-0.15, -0.1) is 0 Å². The lowest BCUT2D eigenvalue weighted by atomic mass is 10.0. The highest BCUT2D eigenvalue weighted by Crippen LogP contribution is 2.28. The molecule has 1 fully saturated rings. The van der Waals surface area contributed by atoms with Crippen LogP contribution in [0.15, 0.2) is 36.9 Å². The van der Waals surface area contributed by atoms with Gasteiger partial charge in [-0.2, -0.15) is 0 Å². The van der Waals surface area contributed by atoms with Crippen LogP contribution < -0.4 is 10.1 Å². The van der Waals surface area contributed by atoms with Crippen molar-refractivity contribution in [1.82, 2.24) is 10.2 Å². The van der Waals surface area contributed by atoms with Gasteiger partial charge in [-0.05, 0) is 30.5 Å². The Morgan fingerprint density at radius 2 is 2.05 bits per heavy atom. The summed E-state index contributed by atoms with van der Waals surface area (Å²) in [7, 11) is 0. The second-order valence-corrected chi connectivity index (χ2v) is 5.74. The van der Waals surface area contributed by atoms with E-state index in [0.717, 1.165) is 11.3 Å². The molecule has 0 radical (unpaired) electrons. The predicted octanol–water partition coefficient (Wildman–Crippen LogP) is 2.73. The van der Waals surface area contributed by atoms with Crippen LogP contribution in [0.3, 0.4) is 0 Å². The van der Waals surface area contributed by atoms with Gasteiger partial charge in [0.15, 0.2) is 0 Å². The number of benzene rings is 1. The highest BCUT2D eigenvalue weighted by molar-refractivity contribution is 5.81. The standard InChI is InChI=1S/C17H24N2O2/c1-5-10-21-15-8-6-14(7-9-15)17-18-11-16(20)19(17)13(4)12(2)3/h5-9,12-13,17-18H,1,10-11H2,2-4H3. The van der Waals surface area contributed by atoms with Crippen molar-refractivity contribution in [2.75, 3.05) is 13.2 Å². The molecule has 1 aliphatic heterocycles. The highest BCUT2D eigenvalue weighted by Gasteiger charge is 2.35. The Labute approximate surface area is 126 Å². The van der Waals surface area contributed by atoms with Gasteiger partial charge in [0.05, 0.1) is 6.54 Å². The van der Waals surface area contributed by atoms with Crippen molar-refractivity contribution in [3.63, 3.8) is 0 Å². The van der Waals surface area contributed by atoms with E-state index in [1.54, 1.807) is 6.08 Å². The molecule has 1 aromatic carbocycles. The second kappa shape index (κ2) is 6.76. The number of nitrogens with one attached hydrogen (secondary N) is 1. The van der Waals surface area contributed by atoms with Crippen molar-refractivity contribution in [3.8, 4) is 5.75 Å². The Hall–Kier alpha value is -1.81. The number of hydrogen-bond donors (Lipinski definition) is 1. The largest absolute Gasteiger partial charge is 0.490 e. The zero-order valence-corrected chi connectivity index (χ0v) is 13.0. The number of hydrogen-bond acceptors (Lipinski definition) is 3. The van der Waals surface area contributed by atoms with Crippen LogP contribution in [0, 0.1) is 5.92 Å². The van der Waals surface area contributed by atoms with Crippen LogP contribution in [-0.4, -0.2) is 30.0 Å². The van der Waals surface area contributed by atoms with E-state index >= 15 is 0 Å². The van der Waals surface area contributed by atoms with Crippen LogP contribution in [0.1, 0.15) is 32.5 Å². The summed E-state index contributed by atoms with van der Waals surface area (Å²) < 4.78 is 5.49. The smallest absolute Gasteiger partial charge is 0.238 e. The average molecular weight is 288 g/mol. The molecule has 1 heterocycles. The first-order valence-electron chi connectivity index (χ1n) is 7.42. The molecule has 2 unspecified atom stereocenters. The third kappa shape index (κ3) is 3.45. The Morgan fingerprint density at radius 3 is 2.62 bits per heavy atom. The van der Waals surface area contributed by atoms with E-state index in [4.69, 9.17) is 4.74 Å². The molecule has 0 aromatic heterocycles. The topological polar surface area (TPSA) is 41.6 Å². The summed E-state index contributed by atoms with van der Waals surface area (Å²) in [5.74, 6) is 1.39. The highest BCUT2D eigenvalue weighted by atomic mass is 16.5. The van der Waals surface area contributed by atoms with Crippen LogP contribution >= 0.6 is 0 Å². The molecule has 4 nitrogen and oxygen atoms in total. The maximum absolute atomic E-state index is 12.1. The third-order valence-electron chi connectivity index (χ3n) is 3.98. The minimum Gasteiger partial charge on any atom is -0.490 e. The predicted molar refractivity (Wildman–Crippen MR) is 84.0 cm³/mol. The molecule has 0 saturated carbocycles. The van der Waals surface area contributed by atoms with E-state index in [1.165, 1.54) is 0 Å². The van der Waals surface area contributed by atoms with Crippen LogP contribution in [0.25, 0.3) is 0 Å². The SMILES string of the molecule is C=CCOc1ccc(C2NCC(=O)N2C(C)C(C)C)cc1. The van der Waals surface area contributed by atoms with Crippen molar-refractivity contribution in [1.29, 1.82) is 0 Å². The summed E-state index contributed by atoms with van der Waals surface area (Å²) in [5, 5.41) is 3.29. The molecule has 1 aromatic rings. The molecule has 114 valence electrons. The van der Waals surface area contributed by atoms with Crippen molar-refractivity contribution >= 4 is 5.91 Å². The fourth-order valence-electron chi connectivity index (χ4n) is 2.48. The molecule has 1 saturated heterocycles. The average Bonchev–Trinajstić information content (AvgIpc) is 2.86. The van der Waals surface area contributed by atoms with Crippen LogP contribution in [-0.2, 0) is 4.79 Å². The molecule has 2 atom stereocenters. The number of amides is 1. The van der Waals surface area contributed by atoms with Crippen molar-refractivity contribution in [3.05, 3.63) is 42.5 Å². The maximum Gasteiger partial charge on any atom is 0.238 e. The van der Waals surface area contributed by atoms with E-state index in [0.29, 0.717) is 19.1 Å². The second-order valence-electron chi connectivity index (χ2n) is 5.74. The van der Waals surface area contributed by atoms with Gasteiger partial charge in [-0.3, -0.25) is 10.1 Å². The molecule has 1 aliphatic rings. The first kappa shape index (κ1) is 15.6. The fourth-order valence-corrected chi connectivity index (χ4v) is 2.48. The molecule has 2 rings (SSSR count). The zero-order chi connectivity index (χ0) is 15.4. The summed E-state index contributed by atoms with van der Waals surface area (Å²) in [6, 6.07) is 8.08. The van der Waals surface area contributed by atoms with E-state index in [2.05, 4.69) is 32.7 Å². The van der Waals surface area contributed by atoms with Crippen molar-refractivity contribution in [2.45, 2.75) is 33.0 Å². The Bertz CT molecular complexity index is 496. The van der Waals surface area contributed by atoms with Crippen molar-refractivity contribution in [2.24, 2.45) is 5.92 Å². The monoisotopic (exact) mass is 288 g/mol. The fraction of sp³-hybridized carbons (Fsp3) is 0.471. The first-order chi connectivity index (χ1) is 10.0. The quantitative estimate of drug-likeness (QED) is 0.818. The number of carbonyl (C=O) groups excluding carboxylic acids is 1. The lowest BCUT2D eigenvalue weighted by molar-refractivity contribution is -0.130. The maximum atomic E-state index is 12.1. The minimum atomic E-state index is -0.0524. The lowest BCUT2D eigenvalue weighted by Crippen LogP contribution is -2.40. The molecular weight excluding hydrogens is 264 g/mol. The summed E-state index contributed by atoms with van der Waals surface area (Å²) in [6.07, 6.45) is 1.67. The summed E-state index contributed by atoms with van der Waals surface area (Å²) in [6.45, 7) is 10.9. The molecule has 0 aliphatic carbocycles. The summed E-state index contributed by atoms with van der Waals surface area (Å²) >= 11 is 0. The lowest BCUT2D eigenvalue weighted by Gasteiger charge is -2.33. The van der Waals surface area contributed by atoms with Gasteiger partial charge in [-0.25, -0.2) is 0 Å². The van der Waals surface area contributed by atoms with Gasteiger partial charge in [0.25, 0.3) is 0 Å². The number of rotatable bonds is 6. The number of carbonyl (C=O) groups is 1. The van der Waals surface area contributed by atoms with Gasteiger partial charge >= 0.3 is 0 Å². The Morgan fingerprint density at radius 1 is 1.38 bits per heavy atom. The number of ether oxygens (including phenoxy) is 1. The van der Waals surface area contributed by atoms with Crippen molar-refractivity contribution < 1.29 is 9.53 Å². The minimum absolute atomic E-state index is 0.0524. The summed E-state index contributed by atoms with van der Waals surface area (Å²) in [4.78, 5) is 14.1. The van der Waals surface area contributed by atoms with E-state index in [-0.39, 0.29) is 18.1 Å². The Balaban J connectivity index is 2.15. The summed E-state index contributed by atoms with van der Waals surface area (Å²) in [5.41, 5.74) is 1.08. The van der Waals surface area contributed by atoms with Gasteiger partial charge in [0, 0.05) is 6.04 Å². The zero-order valence-electron chi connectivity index (χ0n) is 13.0. The van der Waals surface area contributed by atoms with Crippen LogP contribution in [0.5, 0.6) is 5.75 Å². The first-order valence-corrected chi connectivity index (χ1v) is 7.42. The molecule has 1 amide bonds. The molecule has 0 bridgehead atoms. The van der Waals surface area contributed by atoms with E-state index in [1.807, 2.05) is 29.2 Å². The van der Waals surface area contributed by atoms with Crippen LogP contribution in [0.4, 0.5) is 0 Å². The van der Waals surface area contributed by atoms with Crippen LogP contribution in [0.2, 0.25) is 0 Å². The molecular formula is C17H24N2O2. The molecule has 0 spiro atoms. The van der Waals surface area contributed by atoms with E-state index in [9.17, 15) is 4.79 Å². The molecule has 21 heavy (non-hydrogen) atoms.